The second-order valence-electron chi connectivity index (χ2n) is 7.22. The van der Waals surface area contributed by atoms with Crippen molar-refractivity contribution < 1.29 is 19.2 Å². The fraction of sp³-hybridized carbons (Fsp3) is 0.556. The summed E-state index contributed by atoms with van der Waals surface area (Å²) in [7, 11) is 0. The molecule has 0 aliphatic heterocycles. The minimum absolute atomic E-state index is 0.0112. The molecule has 0 radical (unpaired) electrons. The van der Waals surface area contributed by atoms with Gasteiger partial charge in [-0.3, -0.25) is 14.9 Å². The zero-order valence-corrected chi connectivity index (χ0v) is 17.0. The number of carbonyl (C=O) groups excluding carboxylic acids is 2. The van der Waals surface area contributed by atoms with E-state index in [4.69, 9.17) is 16.3 Å². The van der Waals surface area contributed by atoms with Crippen LogP contribution in [-0.4, -0.2) is 34.6 Å². The number of nitrogens with one attached hydrogen (secondary N) is 2. The maximum Gasteiger partial charge on any atom is 0.407 e. The number of ether oxygens (including phenoxy) is 1. The van der Waals surface area contributed by atoms with Crippen molar-refractivity contribution in [1.29, 1.82) is 0 Å². The zero-order chi connectivity index (χ0) is 20.8. The molecule has 0 fully saturated rings. The summed E-state index contributed by atoms with van der Waals surface area (Å²) >= 11 is 6.03. The molecule has 0 bridgehead atoms. The Morgan fingerprint density at radius 3 is 2.26 bits per heavy atom. The lowest BCUT2D eigenvalue weighted by molar-refractivity contribution is -0.384. The molecule has 8 nitrogen and oxygen atoms in total. The van der Waals surface area contributed by atoms with Crippen LogP contribution in [0, 0.1) is 10.1 Å². The van der Waals surface area contributed by atoms with Crippen LogP contribution in [0.3, 0.4) is 0 Å². The Bertz CT molecular complexity index is 711. The van der Waals surface area contributed by atoms with Crippen LogP contribution in [0.4, 0.5) is 10.5 Å². The molecule has 0 aliphatic rings. The van der Waals surface area contributed by atoms with Crippen LogP contribution >= 0.6 is 11.6 Å². The van der Waals surface area contributed by atoms with Gasteiger partial charge in [-0.05, 0) is 39.7 Å². The zero-order valence-electron chi connectivity index (χ0n) is 16.2. The number of non-ortho nitro benzene ring substituents is 1. The average molecular weight is 400 g/mol. The van der Waals surface area contributed by atoms with E-state index in [9.17, 15) is 19.7 Å². The number of nitro groups is 1. The Hall–Kier alpha value is -2.35. The molecule has 0 saturated carbocycles. The fourth-order valence-corrected chi connectivity index (χ4v) is 2.65. The van der Waals surface area contributed by atoms with E-state index in [1.54, 1.807) is 20.8 Å². The molecule has 0 unspecified atom stereocenters. The molecule has 2 N–H and O–H groups in total. The Balaban J connectivity index is 2.90. The second kappa shape index (κ2) is 9.03. The van der Waals surface area contributed by atoms with Gasteiger partial charge < -0.3 is 15.4 Å². The number of nitrogens with zero attached hydrogens (tertiary/aromatic N) is 1. The Labute approximate surface area is 163 Å². The van der Waals surface area contributed by atoms with Crippen LogP contribution in [0.25, 0.3) is 0 Å². The first-order chi connectivity index (χ1) is 12.4. The highest BCUT2D eigenvalue weighted by atomic mass is 35.5. The number of halogens is 1. The predicted octanol–water partition coefficient (Wildman–Crippen LogP) is 4.06. The maximum atomic E-state index is 12.6. The minimum atomic E-state index is -0.709. The van der Waals surface area contributed by atoms with Gasteiger partial charge in [0.1, 0.15) is 5.60 Å². The third-order valence-corrected chi connectivity index (χ3v) is 4.42. The standard InChI is InChI=1S/C18H26ClN3O5/c1-6-18(7-2,11-20-16(24)27-17(3,4)5)21-15(23)13-9-8-12(22(25)26)10-14(13)19/h8-10H,6-7,11H2,1-5H3,(H,20,24)(H,21,23). The van der Waals surface area contributed by atoms with Crippen LogP contribution in [-0.2, 0) is 4.74 Å². The Morgan fingerprint density at radius 2 is 1.81 bits per heavy atom. The van der Waals surface area contributed by atoms with Gasteiger partial charge in [-0.15, -0.1) is 0 Å². The van der Waals surface area contributed by atoms with E-state index in [0.717, 1.165) is 6.07 Å². The molecule has 0 saturated heterocycles. The normalized spacial score (nSPS) is 11.6. The molecular weight excluding hydrogens is 374 g/mol. The third-order valence-electron chi connectivity index (χ3n) is 4.11. The number of amides is 2. The van der Waals surface area contributed by atoms with E-state index >= 15 is 0 Å². The highest BCUT2D eigenvalue weighted by molar-refractivity contribution is 6.34. The average Bonchev–Trinajstić information content (AvgIpc) is 2.56. The van der Waals surface area contributed by atoms with Gasteiger partial charge in [0.25, 0.3) is 11.6 Å². The highest BCUT2D eigenvalue weighted by Gasteiger charge is 2.31. The quantitative estimate of drug-likeness (QED) is 0.530. The second-order valence-corrected chi connectivity index (χ2v) is 7.63. The molecule has 1 aromatic carbocycles. The first-order valence-corrected chi connectivity index (χ1v) is 9.04. The van der Waals surface area contributed by atoms with Crippen molar-refractivity contribution in [3.05, 3.63) is 38.9 Å². The number of benzene rings is 1. The molecule has 27 heavy (non-hydrogen) atoms. The van der Waals surface area contributed by atoms with E-state index in [-0.39, 0.29) is 22.8 Å². The van der Waals surface area contributed by atoms with Gasteiger partial charge >= 0.3 is 6.09 Å². The summed E-state index contributed by atoms with van der Waals surface area (Å²) in [5.41, 5.74) is -1.40. The summed E-state index contributed by atoms with van der Waals surface area (Å²) in [4.78, 5) is 34.8. The number of hydrogen-bond donors (Lipinski definition) is 2. The molecule has 0 spiro atoms. The number of hydrogen-bond acceptors (Lipinski definition) is 5. The van der Waals surface area contributed by atoms with E-state index in [0.29, 0.717) is 12.8 Å². The molecule has 1 aromatic rings. The van der Waals surface area contributed by atoms with Crippen LogP contribution < -0.4 is 10.6 Å². The minimum Gasteiger partial charge on any atom is -0.444 e. The van der Waals surface area contributed by atoms with Crippen molar-refractivity contribution in [2.45, 2.75) is 58.6 Å². The molecule has 0 aliphatic carbocycles. The van der Waals surface area contributed by atoms with Crippen LogP contribution in [0.15, 0.2) is 18.2 Å². The predicted molar refractivity (Wildman–Crippen MR) is 103 cm³/mol. The van der Waals surface area contributed by atoms with Crippen molar-refractivity contribution in [3.8, 4) is 0 Å². The molecular formula is C18H26ClN3O5. The Morgan fingerprint density at radius 1 is 1.22 bits per heavy atom. The summed E-state index contributed by atoms with van der Waals surface area (Å²) in [6, 6.07) is 3.67. The van der Waals surface area contributed by atoms with Crippen LogP contribution in [0.1, 0.15) is 57.8 Å². The Kier molecular flexibility index (Phi) is 7.59. The summed E-state index contributed by atoms with van der Waals surface area (Å²) in [6.45, 7) is 9.23. The largest absolute Gasteiger partial charge is 0.444 e. The summed E-state index contributed by atoms with van der Waals surface area (Å²) in [5, 5.41) is 16.4. The van der Waals surface area contributed by atoms with Gasteiger partial charge in [-0.2, -0.15) is 0 Å². The van der Waals surface area contributed by atoms with Crippen molar-refractivity contribution in [2.75, 3.05) is 6.54 Å². The monoisotopic (exact) mass is 399 g/mol. The molecule has 9 heteroatoms. The molecule has 0 atom stereocenters. The highest BCUT2D eigenvalue weighted by Crippen LogP contribution is 2.24. The van der Waals surface area contributed by atoms with E-state index < -0.39 is 28.1 Å². The van der Waals surface area contributed by atoms with Crippen LogP contribution in [0.2, 0.25) is 5.02 Å². The molecule has 2 amide bonds. The number of alkyl carbamates (subject to hydrolysis) is 1. The van der Waals surface area contributed by atoms with Gasteiger partial charge in [-0.1, -0.05) is 25.4 Å². The lowest BCUT2D eigenvalue weighted by Gasteiger charge is -2.33. The number of carbonyl (C=O) groups is 2. The molecule has 150 valence electrons. The molecule has 0 aromatic heterocycles. The van der Waals surface area contributed by atoms with Crippen molar-refractivity contribution in [2.24, 2.45) is 0 Å². The lowest BCUT2D eigenvalue weighted by atomic mass is 9.92. The van der Waals surface area contributed by atoms with Crippen molar-refractivity contribution >= 4 is 29.3 Å². The van der Waals surface area contributed by atoms with Gasteiger partial charge in [0.2, 0.25) is 0 Å². The summed E-state index contributed by atoms with van der Waals surface area (Å²) < 4.78 is 5.22. The molecule has 1 rings (SSSR count). The third kappa shape index (κ3) is 6.71. The SMILES string of the molecule is CCC(CC)(CNC(=O)OC(C)(C)C)NC(=O)c1ccc([N+](=O)[O-])cc1Cl. The number of rotatable bonds is 7. The van der Waals surface area contributed by atoms with E-state index in [1.165, 1.54) is 12.1 Å². The number of nitro benzene ring substituents is 1. The van der Waals surface area contributed by atoms with E-state index in [2.05, 4.69) is 10.6 Å². The first kappa shape index (κ1) is 22.7. The van der Waals surface area contributed by atoms with Crippen molar-refractivity contribution in [1.82, 2.24) is 10.6 Å². The first-order valence-electron chi connectivity index (χ1n) is 8.66. The van der Waals surface area contributed by atoms with Gasteiger partial charge in [0.05, 0.1) is 21.0 Å². The maximum absolute atomic E-state index is 12.6. The smallest absolute Gasteiger partial charge is 0.407 e. The van der Waals surface area contributed by atoms with Crippen LogP contribution in [0.5, 0.6) is 0 Å². The van der Waals surface area contributed by atoms with E-state index in [1.807, 2.05) is 13.8 Å². The molecule has 0 heterocycles. The van der Waals surface area contributed by atoms with Gasteiger partial charge in [-0.25, -0.2) is 4.79 Å². The van der Waals surface area contributed by atoms with Crippen molar-refractivity contribution in [3.63, 3.8) is 0 Å². The topological polar surface area (TPSA) is 111 Å². The fourth-order valence-electron chi connectivity index (χ4n) is 2.39. The van der Waals surface area contributed by atoms with Gasteiger partial charge in [0, 0.05) is 18.7 Å². The summed E-state index contributed by atoms with van der Waals surface area (Å²) in [5.74, 6) is -0.468. The summed E-state index contributed by atoms with van der Waals surface area (Å²) in [6.07, 6.45) is 0.530. The lowest BCUT2D eigenvalue weighted by Crippen LogP contribution is -2.55. The van der Waals surface area contributed by atoms with Gasteiger partial charge in [0.15, 0.2) is 0 Å².